The highest BCUT2D eigenvalue weighted by Crippen LogP contribution is 2.17. The van der Waals surface area contributed by atoms with Gasteiger partial charge in [0.15, 0.2) is 0 Å². The second-order valence-corrected chi connectivity index (χ2v) is 4.41. The van der Waals surface area contributed by atoms with Crippen LogP contribution in [0.4, 0.5) is 4.39 Å². The molecule has 0 aliphatic carbocycles. The van der Waals surface area contributed by atoms with E-state index in [1.54, 1.807) is 6.07 Å². The second kappa shape index (κ2) is 4.82. The zero-order valence-electron chi connectivity index (χ0n) is 10.7. The van der Waals surface area contributed by atoms with E-state index in [9.17, 15) is 14.0 Å². The quantitative estimate of drug-likeness (QED) is 0.783. The molecular weight excluding hydrogens is 275 g/mol. The summed E-state index contributed by atoms with van der Waals surface area (Å²) in [6.45, 7) is 0. The third-order valence-electron chi connectivity index (χ3n) is 3.12. The van der Waals surface area contributed by atoms with Crippen molar-refractivity contribution in [1.82, 2.24) is 9.55 Å². The predicted octanol–water partition coefficient (Wildman–Crippen LogP) is 2.22. The fraction of sp³-hybridized carbons (Fsp3) is 0. The number of carboxylic acid groups (broad SMARTS) is 1. The maximum Gasteiger partial charge on any atom is 0.341 e. The van der Waals surface area contributed by atoms with Crippen molar-refractivity contribution in [3.63, 3.8) is 0 Å². The smallest absolute Gasteiger partial charge is 0.341 e. The summed E-state index contributed by atoms with van der Waals surface area (Å²) in [7, 11) is 0. The Morgan fingerprint density at radius 3 is 2.57 bits per heavy atom. The lowest BCUT2D eigenvalue weighted by Crippen LogP contribution is -2.25. The van der Waals surface area contributed by atoms with Crippen LogP contribution in [-0.4, -0.2) is 20.6 Å². The fourth-order valence-corrected chi connectivity index (χ4v) is 2.15. The molecule has 2 heterocycles. The summed E-state index contributed by atoms with van der Waals surface area (Å²) in [4.78, 5) is 27.5. The van der Waals surface area contributed by atoms with Gasteiger partial charge in [-0.1, -0.05) is 0 Å². The van der Waals surface area contributed by atoms with Crippen LogP contribution >= 0.6 is 0 Å². The summed E-state index contributed by atoms with van der Waals surface area (Å²) in [5.74, 6) is -1.75. The molecule has 0 amide bonds. The van der Waals surface area contributed by atoms with Crippen molar-refractivity contribution >= 4 is 16.9 Å². The van der Waals surface area contributed by atoms with Gasteiger partial charge in [0.25, 0.3) is 5.56 Å². The highest BCUT2D eigenvalue weighted by molar-refractivity contribution is 5.93. The Bertz CT molecular complexity index is 901. The molecule has 0 bridgehead atoms. The van der Waals surface area contributed by atoms with Gasteiger partial charge in [-0.05, 0) is 36.4 Å². The van der Waals surface area contributed by atoms with Crippen LogP contribution in [0.1, 0.15) is 10.4 Å². The molecule has 0 spiro atoms. The summed E-state index contributed by atoms with van der Waals surface area (Å²) in [5, 5.41) is 9.71. The molecule has 0 aliphatic rings. The number of rotatable bonds is 2. The van der Waals surface area contributed by atoms with Crippen LogP contribution in [0.2, 0.25) is 0 Å². The molecule has 21 heavy (non-hydrogen) atoms. The number of aromatic carboxylic acids is 1. The maximum atomic E-state index is 13.0. The maximum absolute atomic E-state index is 13.0. The van der Waals surface area contributed by atoms with Crippen LogP contribution in [0, 0.1) is 5.82 Å². The first-order valence-corrected chi connectivity index (χ1v) is 6.07. The number of hydrogen-bond acceptors (Lipinski definition) is 3. The number of hydrogen-bond donors (Lipinski definition) is 1. The van der Waals surface area contributed by atoms with E-state index in [1.165, 1.54) is 47.3 Å². The van der Waals surface area contributed by atoms with Gasteiger partial charge in [-0.2, -0.15) is 0 Å². The van der Waals surface area contributed by atoms with Crippen LogP contribution in [0.5, 0.6) is 0 Å². The fourth-order valence-electron chi connectivity index (χ4n) is 2.15. The van der Waals surface area contributed by atoms with Gasteiger partial charge in [-0.15, -0.1) is 0 Å². The van der Waals surface area contributed by atoms with Crippen LogP contribution in [-0.2, 0) is 0 Å². The van der Waals surface area contributed by atoms with Crippen molar-refractivity contribution in [2.24, 2.45) is 0 Å². The SMILES string of the molecule is O=C(O)c1cc2ccncc2n(-c2ccc(F)cc2)c1=O. The molecule has 3 aromatic rings. The molecule has 0 saturated heterocycles. The minimum absolute atomic E-state index is 0.349. The van der Waals surface area contributed by atoms with Crippen LogP contribution < -0.4 is 5.56 Å². The summed E-state index contributed by atoms with van der Waals surface area (Å²) >= 11 is 0. The van der Waals surface area contributed by atoms with Crippen molar-refractivity contribution in [3.8, 4) is 5.69 Å². The molecule has 3 rings (SSSR count). The monoisotopic (exact) mass is 284 g/mol. The Kier molecular flexibility index (Phi) is 2.98. The lowest BCUT2D eigenvalue weighted by atomic mass is 10.1. The minimum Gasteiger partial charge on any atom is -0.477 e. The Hall–Kier alpha value is -3.02. The van der Waals surface area contributed by atoms with Gasteiger partial charge in [0.1, 0.15) is 11.4 Å². The molecule has 0 fully saturated rings. The molecule has 0 aliphatic heterocycles. The zero-order chi connectivity index (χ0) is 15.0. The summed E-state index contributed by atoms with van der Waals surface area (Å²) in [5.41, 5.74) is -0.200. The largest absolute Gasteiger partial charge is 0.477 e. The van der Waals surface area contributed by atoms with Crippen molar-refractivity contribution in [2.45, 2.75) is 0 Å². The molecule has 1 N–H and O–H groups in total. The Morgan fingerprint density at radius 2 is 1.90 bits per heavy atom. The third-order valence-corrected chi connectivity index (χ3v) is 3.12. The molecular formula is C15H9FN2O3. The van der Waals surface area contributed by atoms with E-state index in [2.05, 4.69) is 4.98 Å². The first-order chi connectivity index (χ1) is 10.1. The van der Waals surface area contributed by atoms with E-state index in [4.69, 9.17) is 5.11 Å². The Balaban J connectivity index is 2.44. The van der Waals surface area contributed by atoms with Crippen LogP contribution in [0.25, 0.3) is 16.6 Å². The van der Waals surface area contributed by atoms with Crippen LogP contribution in [0.15, 0.2) is 53.6 Å². The van der Waals surface area contributed by atoms with Crippen molar-refractivity contribution in [3.05, 3.63) is 70.5 Å². The Morgan fingerprint density at radius 1 is 1.19 bits per heavy atom. The lowest BCUT2D eigenvalue weighted by Gasteiger charge is -2.11. The van der Waals surface area contributed by atoms with E-state index in [1.807, 2.05) is 0 Å². The van der Waals surface area contributed by atoms with Crippen molar-refractivity contribution < 1.29 is 14.3 Å². The average Bonchev–Trinajstić information content (AvgIpc) is 2.48. The molecule has 0 atom stereocenters. The second-order valence-electron chi connectivity index (χ2n) is 4.41. The molecule has 0 radical (unpaired) electrons. The minimum atomic E-state index is -1.31. The van der Waals surface area contributed by atoms with Gasteiger partial charge in [0, 0.05) is 17.3 Å². The van der Waals surface area contributed by atoms with E-state index >= 15 is 0 Å². The van der Waals surface area contributed by atoms with E-state index in [-0.39, 0.29) is 5.56 Å². The standard InChI is InChI=1S/C15H9FN2O3/c16-10-1-3-11(4-2-10)18-13-8-17-6-5-9(13)7-12(14(18)19)15(20)21/h1-8H,(H,20,21). The van der Waals surface area contributed by atoms with Gasteiger partial charge < -0.3 is 5.11 Å². The van der Waals surface area contributed by atoms with Gasteiger partial charge in [-0.25, -0.2) is 9.18 Å². The summed E-state index contributed by atoms with van der Waals surface area (Å²) in [6.07, 6.45) is 2.97. The van der Waals surface area contributed by atoms with Crippen molar-refractivity contribution in [2.75, 3.05) is 0 Å². The predicted molar refractivity (Wildman–Crippen MR) is 74.3 cm³/mol. The van der Waals surface area contributed by atoms with Gasteiger partial charge in [0.2, 0.25) is 0 Å². The normalized spacial score (nSPS) is 10.7. The highest BCUT2D eigenvalue weighted by atomic mass is 19.1. The molecule has 0 saturated carbocycles. The lowest BCUT2D eigenvalue weighted by molar-refractivity contribution is 0.0695. The topological polar surface area (TPSA) is 72.2 Å². The first kappa shape index (κ1) is 13.0. The third kappa shape index (κ3) is 2.16. The number of pyridine rings is 2. The average molecular weight is 284 g/mol. The molecule has 0 unspecified atom stereocenters. The number of halogens is 1. The van der Waals surface area contributed by atoms with E-state index < -0.39 is 17.3 Å². The Labute approximate surface area is 117 Å². The number of aromatic nitrogens is 2. The molecule has 1 aromatic carbocycles. The number of carbonyl (C=O) groups is 1. The number of nitrogens with zero attached hydrogens (tertiary/aromatic N) is 2. The van der Waals surface area contributed by atoms with Gasteiger partial charge in [-0.3, -0.25) is 14.3 Å². The number of benzene rings is 1. The molecule has 2 aromatic heterocycles. The molecule has 6 heteroatoms. The molecule has 5 nitrogen and oxygen atoms in total. The van der Waals surface area contributed by atoms with Crippen LogP contribution in [0.3, 0.4) is 0 Å². The summed E-state index contributed by atoms with van der Waals surface area (Å²) < 4.78 is 14.2. The molecule has 104 valence electrons. The van der Waals surface area contributed by atoms with Gasteiger partial charge in [0.05, 0.1) is 11.7 Å². The first-order valence-electron chi connectivity index (χ1n) is 6.07. The van der Waals surface area contributed by atoms with Crippen molar-refractivity contribution in [1.29, 1.82) is 0 Å². The number of carboxylic acids is 1. The van der Waals surface area contributed by atoms with Gasteiger partial charge >= 0.3 is 5.97 Å². The summed E-state index contributed by atoms with van der Waals surface area (Å²) in [6, 6.07) is 8.15. The highest BCUT2D eigenvalue weighted by Gasteiger charge is 2.15. The van der Waals surface area contributed by atoms with E-state index in [0.29, 0.717) is 16.6 Å². The van der Waals surface area contributed by atoms with E-state index in [0.717, 1.165) is 0 Å². The zero-order valence-corrected chi connectivity index (χ0v) is 10.7. The number of fused-ring (bicyclic) bond motifs is 1.